The summed E-state index contributed by atoms with van der Waals surface area (Å²) in [5, 5.41) is 7.08. The van der Waals surface area contributed by atoms with Crippen molar-refractivity contribution in [3.05, 3.63) is 70.7 Å². The Morgan fingerprint density at radius 3 is 2.38 bits per heavy atom. The molecule has 1 saturated heterocycles. The molecule has 0 aliphatic carbocycles. The Bertz CT molecular complexity index is 1220. The van der Waals surface area contributed by atoms with Crippen LogP contribution in [0.1, 0.15) is 39.3 Å². The molecule has 2 amide bonds. The Labute approximate surface area is 190 Å². The summed E-state index contributed by atoms with van der Waals surface area (Å²) in [6.07, 6.45) is 5.79. The van der Waals surface area contributed by atoms with Gasteiger partial charge >= 0.3 is 0 Å². The van der Waals surface area contributed by atoms with Crippen molar-refractivity contribution in [2.75, 3.05) is 23.7 Å². The number of thiophene rings is 1. The number of carbonyl (C=O) groups excluding carboxylic acids is 2. The third-order valence-electron chi connectivity index (χ3n) is 5.09. The molecule has 10 heteroatoms. The lowest BCUT2D eigenvalue weighted by Crippen LogP contribution is -2.36. The Morgan fingerprint density at radius 2 is 1.62 bits per heavy atom. The number of pyridine rings is 1. The summed E-state index contributed by atoms with van der Waals surface area (Å²) >= 11 is 1.08. The van der Waals surface area contributed by atoms with E-state index in [4.69, 9.17) is 0 Å². The van der Waals surface area contributed by atoms with Gasteiger partial charge in [-0.1, -0.05) is 12.5 Å². The molecule has 2 N–H and O–H groups in total. The van der Waals surface area contributed by atoms with Gasteiger partial charge in [0.15, 0.2) is 0 Å². The number of carbonyl (C=O) groups is 2. The number of anilines is 2. The van der Waals surface area contributed by atoms with Gasteiger partial charge in [0.2, 0.25) is 10.0 Å². The maximum Gasteiger partial charge on any atom is 0.267 e. The second kappa shape index (κ2) is 9.60. The summed E-state index contributed by atoms with van der Waals surface area (Å²) in [7, 11) is -3.73. The summed E-state index contributed by atoms with van der Waals surface area (Å²) in [4.78, 5) is 29.5. The topological polar surface area (TPSA) is 108 Å². The first kappa shape index (κ1) is 22.1. The van der Waals surface area contributed by atoms with Crippen molar-refractivity contribution in [3.63, 3.8) is 0 Å². The largest absolute Gasteiger partial charge is 0.322 e. The molecule has 1 aliphatic rings. The van der Waals surface area contributed by atoms with Gasteiger partial charge in [0.05, 0.1) is 0 Å². The fourth-order valence-electron chi connectivity index (χ4n) is 3.48. The fourth-order valence-corrected chi connectivity index (χ4v) is 6.29. The van der Waals surface area contributed by atoms with Gasteiger partial charge in [-0.2, -0.15) is 4.31 Å². The first-order chi connectivity index (χ1) is 15.4. The van der Waals surface area contributed by atoms with Crippen molar-refractivity contribution in [1.29, 1.82) is 0 Å². The average molecular weight is 471 g/mol. The zero-order chi connectivity index (χ0) is 22.6. The molecule has 3 aromatic rings. The van der Waals surface area contributed by atoms with Crippen LogP contribution >= 0.6 is 11.3 Å². The minimum Gasteiger partial charge on any atom is -0.322 e. The molecule has 0 saturated carbocycles. The van der Waals surface area contributed by atoms with Crippen molar-refractivity contribution in [3.8, 4) is 0 Å². The molecule has 166 valence electrons. The Morgan fingerprint density at radius 1 is 0.906 bits per heavy atom. The molecule has 4 rings (SSSR count). The van der Waals surface area contributed by atoms with E-state index in [0.717, 1.165) is 30.6 Å². The molecular formula is C22H22N4O4S2. The number of hydrogen-bond acceptors (Lipinski definition) is 6. The van der Waals surface area contributed by atoms with Crippen LogP contribution in [-0.2, 0) is 10.0 Å². The van der Waals surface area contributed by atoms with Gasteiger partial charge in [-0.15, -0.1) is 11.3 Å². The average Bonchev–Trinajstić information content (AvgIpc) is 3.32. The van der Waals surface area contributed by atoms with Crippen LogP contribution in [0.3, 0.4) is 0 Å². The van der Waals surface area contributed by atoms with Gasteiger partial charge in [-0.3, -0.25) is 14.6 Å². The predicted molar refractivity (Wildman–Crippen MR) is 124 cm³/mol. The predicted octanol–water partition coefficient (Wildman–Crippen LogP) is 3.82. The quantitative estimate of drug-likeness (QED) is 0.569. The lowest BCUT2D eigenvalue weighted by Gasteiger charge is -2.25. The summed E-state index contributed by atoms with van der Waals surface area (Å²) in [6, 6.07) is 11.3. The standard InChI is InChI=1S/C22H22N4O4S2/c27-21(24-17-7-10-23-11-8-17)16-5-4-6-18(15-16)25-22(28)20-19(9-14-31-20)32(29,30)26-12-2-1-3-13-26/h4-11,14-15H,1-3,12-13H2,(H,25,28)(H,23,24,27). The minimum absolute atomic E-state index is 0.0217. The first-order valence-corrected chi connectivity index (χ1v) is 12.5. The van der Waals surface area contributed by atoms with Gasteiger partial charge in [0.1, 0.15) is 9.77 Å². The Balaban J connectivity index is 1.50. The molecule has 1 fully saturated rings. The molecule has 8 nitrogen and oxygen atoms in total. The van der Waals surface area contributed by atoms with E-state index in [0.29, 0.717) is 30.0 Å². The van der Waals surface area contributed by atoms with Crippen LogP contribution in [-0.4, -0.2) is 42.6 Å². The highest BCUT2D eigenvalue weighted by molar-refractivity contribution is 7.89. The normalized spacial score (nSPS) is 14.6. The van der Waals surface area contributed by atoms with Crippen LogP contribution in [0.5, 0.6) is 0 Å². The van der Waals surface area contributed by atoms with Crippen LogP contribution in [0, 0.1) is 0 Å². The summed E-state index contributed by atoms with van der Waals surface area (Å²) in [5.41, 5.74) is 1.35. The van der Waals surface area contributed by atoms with Crippen LogP contribution in [0.25, 0.3) is 0 Å². The van der Waals surface area contributed by atoms with Gasteiger partial charge < -0.3 is 10.6 Å². The molecule has 0 atom stereocenters. The van der Waals surface area contributed by atoms with Gasteiger partial charge in [-0.25, -0.2) is 8.42 Å². The lowest BCUT2D eigenvalue weighted by molar-refractivity contribution is 0.101. The Hall–Kier alpha value is -3.08. The highest BCUT2D eigenvalue weighted by atomic mass is 32.2. The summed E-state index contributed by atoms with van der Waals surface area (Å²) < 4.78 is 27.5. The number of hydrogen-bond donors (Lipinski definition) is 2. The van der Waals surface area contributed by atoms with E-state index < -0.39 is 15.9 Å². The number of benzene rings is 1. The first-order valence-electron chi connectivity index (χ1n) is 10.2. The molecule has 0 bridgehead atoms. The van der Waals surface area contributed by atoms with Crippen LogP contribution in [0.15, 0.2) is 65.1 Å². The van der Waals surface area contributed by atoms with E-state index in [1.807, 2.05) is 0 Å². The number of sulfonamides is 1. The van der Waals surface area contributed by atoms with E-state index >= 15 is 0 Å². The zero-order valence-electron chi connectivity index (χ0n) is 17.2. The highest BCUT2D eigenvalue weighted by Gasteiger charge is 2.31. The lowest BCUT2D eigenvalue weighted by atomic mass is 10.2. The third-order valence-corrected chi connectivity index (χ3v) is 8.07. The number of nitrogens with one attached hydrogen (secondary N) is 2. The van der Waals surface area contributed by atoms with Crippen molar-refractivity contribution in [2.24, 2.45) is 0 Å². The fraction of sp³-hybridized carbons (Fsp3) is 0.227. The molecule has 3 heterocycles. The second-order valence-corrected chi connectivity index (χ2v) is 10.1. The van der Waals surface area contributed by atoms with Gasteiger partial charge in [0.25, 0.3) is 11.8 Å². The van der Waals surface area contributed by atoms with Crippen molar-refractivity contribution >= 4 is 44.5 Å². The number of piperidine rings is 1. The summed E-state index contributed by atoms with van der Waals surface area (Å²) in [5.74, 6) is -0.862. The van der Waals surface area contributed by atoms with Gasteiger partial charge in [-0.05, 0) is 54.6 Å². The van der Waals surface area contributed by atoms with E-state index in [2.05, 4.69) is 15.6 Å². The smallest absolute Gasteiger partial charge is 0.267 e. The van der Waals surface area contributed by atoms with Crippen LogP contribution in [0.2, 0.25) is 0 Å². The van der Waals surface area contributed by atoms with Crippen LogP contribution in [0.4, 0.5) is 11.4 Å². The minimum atomic E-state index is -3.73. The maximum absolute atomic E-state index is 13.0. The molecular weight excluding hydrogens is 448 g/mol. The third kappa shape index (κ3) is 4.87. The molecule has 0 unspecified atom stereocenters. The van der Waals surface area contributed by atoms with Crippen molar-refractivity contribution < 1.29 is 18.0 Å². The monoisotopic (exact) mass is 470 g/mol. The molecule has 1 aromatic carbocycles. The van der Waals surface area contributed by atoms with Crippen molar-refractivity contribution in [2.45, 2.75) is 24.2 Å². The van der Waals surface area contributed by atoms with E-state index in [1.165, 1.54) is 10.4 Å². The number of rotatable bonds is 6. The van der Waals surface area contributed by atoms with E-state index in [9.17, 15) is 18.0 Å². The van der Waals surface area contributed by atoms with Crippen LogP contribution < -0.4 is 10.6 Å². The molecule has 0 spiro atoms. The molecule has 1 aliphatic heterocycles. The van der Waals surface area contributed by atoms with E-state index in [-0.39, 0.29) is 15.7 Å². The maximum atomic E-state index is 13.0. The van der Waals surface area contributed by atoms with Crippen molar-refractivity contribution in [1.82, 2.24) is 9.29 Å². The zero-order valence-corrected chi connectivity index (χ0v) is 18.8. The Kier molecular flexibility index (Phi) is 6.63. The molecule has 32 heavy (non-hydrogen) atoms. The SMILES string of the molecule is O=C(Nc1ccncc1)c1cccc(NC(=O)c2sccc2S(=O)(=O)N2CCCCC2)c1. The second-order valence-electron chi connectivity index (χ2n) is 7.30. The highest BCUT2D eigenvalue weighted by Crippen LogP contribution is 2.28. The number of aromatic nitrogens is 1. The molecule has 2 aromatic heterocycles. The van der Waals surface area contributed by atoms with Gasteiger partial charge in [0, 0.05) is 42.4 Å². The van der Waals surface area contributed by atoms with E-state index in [1.54, 1.807) is 54.2 Å². The molecule has 0 radical (unpaired) electrons. The summed E-state index contributed by atoms with van der Waals surface area (Å²) in [6.45, 7) is 0.932. The number of nitrogens with zero attached hydrogens (tertiary/aromatic N) is 2. The number of amides is 2.